The van der Waals surface area contributed by atoms with Crippen LogP contribution in [0.3, 0.4) is 0 Å². The van der Waals surface area contributed by atoms with Crippen molar-refractivity contribution < 1.29 is 4.79 Å². The fourth-order valence-electron chi connectivity index (χ4n) is 2.48. The first-order chi connectivity index (χ1) is 10.3. The summed E-state index contributed by atoms with van der Waals surface area (Å²) in [5, 5.41) is 13.6. The maximum Gasteiger partial charge on any atom is 0.228 e. The van der Waals surface area contributed by atoms with Crippen molar-refractivity contribution in [2.45, 2.75) is 24.3 Å². The molecule has 1 aromatic heterocycles. The molecule has 106 valence electrons. The average Bonchev–Trinajstić information content (AvgIpc) is 2.97. The molecule has 0 radical (unpaired) electrons. The van der Waals surface area contributed by atoms with Crippen LogP contribution in [-0.2, 0) is 17.8 Å². The number of thioether (sulfide) groups is 1. The third kappa shape index (κ3) is 3.09. The number of thiocyanates is 1. The summed E-state index contributed by atoms with van der Waals surface area (Å²) in [6, 6.07) is 7.30. The van der Waals surface area contributed by atoms with E-state index in [1.807, 2.05) is 35.9 Å². The Kier molecular flexibility index (Phi) is 3.93. The van der Waals surface area contributed by atoms with E-state index in [-0.39, 0.29) is 11.8 Å². The standard InChI is InChI=1S/C15H14N4OS/c16-10-21-13-3-1-12(2-4-13)18-15(20)11-5-7-19-8-6-17-14(19)9-11/h1-4,6,8,11H,5,7,9H2,(H,18,20). The number of nitrogens with zero attached hydrogens (tertiary/aromatic N) is 3. The minimum atomic E-state index is -0.0342. The number of nitrogens with one attached hydrogen (secondary N) is 1. The molecule has 3 rings (SSSR count). The Hall–Kier alpha value is -2.26. The van der Waals surface area contributed by atoms with E-state index in [0.717, 1.165) is 41.1 Å². The fraction of sp³-hybridized carbons (Fsp3) is 0.267. The number of hydrogen-bond donors (Lipinski definition) is 1. The summed E-state index contributed by atoms with van der Waals surface area (Å²) >= 11 is 1.11. The SMILES string of the molecule is N#CSc1ccc(NC(=O)C2CCn3ccnc3C2)cc1. The lowest BCUT2D eigenvalue weighted by molar-refractivity contribution is -0.120. The first kappa shape index (κ1) is 13.7. The van der Waals surface area contributed by atoms with Crippen LogP contribution in [0.2, 0.25) is 0 Å². The average molecular weight is 298 g/mol. The van der Waals surface area contributed by atoms with Gasteiger partial charge in [0, 0.05) is 41.9 Å². The van der Waals surface area contributed by atoms with Gasteiger partial charge in [0.15, 0.2) is 0 Å². The van der Waals surface area contributed by atoms with E-state index >= 15 is 0 Å². The lowest BCUT2D eigenvalue weighted by Crippen LogP contribution is -2.30. The van der Waals surface area contributed by atoms with Gasteiger partial charge in [0.05, 0.1) is 0 Å². The minimum absolute atomic E-state index is 0.0323. The van der Waals surface area contributed by atoms with E-state index in [4.69, 9.17) is 5.26 Å². The molecule has 1 aliphatic heterocycles. The van der Waals surface area contributed by atoms with Crippen molar-refractivity contribution in [2.75, 3.05) is 5.32 Å². The number of aromatic nitrogens is 2. The van der Waals surface area contributed by atoms with E-state index in [1.54, 1.807) is 6.20 Å². The van der Waals surface area contributed by atoms with Gasteiger partial charge >= 0.3 is 0 Å². The molecule has 0 bridgehead atoms. The Labute approximate surface area is 127 Å². The molecular weight excluding hydrogens is 284 g/mol. The fourth-order valence-corrected chi connectivity index (χ4v) is 2.86. The van der Waals surface area contributed by atoms with Gasteiger partial charge in [0.1, 0.15) is 11.2 Å². The number of hydrogen-bond acceptors (Lipinski definition) is 4. The van der Waals surface area contributed by atoms with Crippen molar-refractivity contribution in [3.8, 4) is 5.40 Å². The van der Waals surface area contributed by atoms with Gasteiger partial charge in [-0.25, -0.2) is 4.98 Å². The van der Waals surface area contributed by atoms with Crippen LogP contribution in [0.1, 0.15) is 12.2 Å². The van der Waals surface area contributed by atoms with Crippen molar-refractivity contribution in [1.29, 1.82) is 5.26 Å². The zero-order valence-corrected chi connectivity index (χ0v) is 12.1. The summed E-state index contributed by atoms with van der Waals surface area (Å²) in [6.07, 6.45) is 5.25. The topological polar surface area (TPSA) is 70.7 Å². The summed E-state index contributed by atoms with van der Waals surface area (Å²) in [6.45, 7) is 0.838. The van der Waals surface area contributed by atoms with E-state index in [2.05, 4.69) is 14.9 Å². The first-order valence-electron chi connectivity index (χ1n) is 6.73. The van der Waals surface area contributed by atoms with Crippen molar-refractivity contribution in [3.05, 3.63) is 42.5 Å². The molecule has 1 N–H and O–H groups in total. The Bertz CT molecular complexity index is 686. The Morgan fingerprint density at radius 2 is 2.24 bits per heavy atom. The molecule has 21 heavy (non-hydrogen) atoms. The molecule has 1 aromatic carbocycles. The summed E-state index contributed by atoms with van der Waals surface area (Å²) in [5.74, 6) is 0.972. The van der Waals surface area contributed by atoms with Crippen molar-refractivity contribution in [1.82, 2.24) is 9.55 Å². The molecule has 1 aliphatic rings. The van der Waals surface area contributed by atoms with Crippen LogP contribution in [0.25, 0.3) is 0 Å². The highest BCUT2D eigenvalue weighted by Gasteiger charge is 2.25. The van der Waals surface area contributed by atoms with Gasteiger partial charge in [-0.3, -0.25) is 4.79 Å². The Morgan fingerprint density at radius 3 is 3.00 bits per heavy atom. The molecule has 0 saturated heterocycles. The smallest absolute Gasteiger partial charge is 0.228 e. The zero-order valence-electron chi connectivity index (χ0n) is 11.3. The van der Waals surface area contributed by atoms with Crippen molar-refractivity contribution in [2.24, 2.45) is 5.92 Å². The lowest BCUT2D eigenvalue weighted by atomic mass is 9.97. The van der Waals surface area contributed by atoms with Crippen LogP contribution in [0.5, 0.6) is 0 Å². The lowest BCUT2D eigenvalue weighted by Gasteiger charge is -2.22. The second kappa shape index (κ2) is 6.02. The third-order valence-corrected chi connectivity index (χ3v) is 4.20. The van der Waals surface area contributed by atoms with Crippen LogP contribution < -0.4 is 5.32 Å². The number of benzene rings is 1. The Morgan fingerprint density at radius 1 is 1.43 bits per heavy atom. The van der Waals surface area contributed by atoms with Crippen LogP contribution in [0, 0.1) is 16.6 Å². The van der Waals surface area contributed by atoms with E-state index in [1.165, 1.54) is 0 Å². The molecular formula is C15H14N4OS. The van der Waals surface area contributed by atoms with Gasteiger partial charge < -0.3 is 9.88 Å². The third-order valence-electron chi connectivity index (χ3n) is 3.61. The highest BCUT2D eigenvalue weighted by molar-refractivity contribution is 8.03. The van der Waals surface area contributed by atoms with Crippen LogP contribution >= 0.6 is 11.8 Å². The maximum atomic E-state index is 12.3. The summed E-state index contributed by atoms with van der Waals surface area (Å²) in [7, 11) is 0. The normalized spacial score (nSPS) is 16.8. The summed E-state index contributed by atoms with van der Waals surface area (Å²) in [5.41, 5.74) is 0.760. The second-order valence-electron chi connectivity index (χ2n) is 4.93. The highest BCUT2D eigenvalue weighted by Crippen LogP contribution is 2.22. The number of anilines is 1. The molecule has 2 aromatic rings. The van der Waals surface area contributed by atoms with Gasteiger partial charge in [-0.15, -0.1) is 0 Å². The molecule has 0 saturated carbocycles. The van der Waals surface area contributed by atoms with E-state index in [9.17, 15) is 4.79 Å². The van der Waals surface area contributed by atoms with Crippen molar-refractivity contribution >= 4 is 23.4 Å². The highest BCUT2D eigenvalue weighted by atomic mass is 32.2. The van der Waals surface area contributed by atoms with Gasteiger partial charge in [0.2, 0.25) is 5.91 Å². The number of imidazole rings is 1. The predicted octanol–water partition coefficient (Wildman–Crippen LogP) is 2.66. The number of nitriles is 1. The van der Waals surface area contributed by atoms with Gasteiger partial charge in [0.25, 0.3) is 0 Å². The molecule has 1 atom stereocenters. The van der Waals surface area contributed by atoms with Crippen molar-refractivity contribution in [3.63, 3.8) is 0 Å². The predicted molar refractivity (Wildman–Crippen MR) is 80.6 cm³/mol. The number of rotatable bonds is 3. The summed E-state index contributed by atoms with van der Waals surface area (Å²) in [4.78, 5) is 17.5. The molecule has 5 nitrogen and oxygen atoms in total. The minimum Gasteiger partial charge on any atom is -0.335 e. The summed E-state index contributed by atoms with van der Waals surface area (Å²) < 4.78 is 2.09. The van der Waals surface area contributed by atoms with E-state index in [0.29, 0.717) is 6.42 Å². The molecule has 0 fully saturated rings. The quantitative estimate of drug-likeness (QED) is 0.698. The second-order valence-corrected chi connectivity index (χ2v) is 5.79. The molecule has 2 heterocycles. The molecule has 0 spiro atoms. The van der Waals surface area contributed by atoms with Gasteiger partial charge in [-0.2, -0.15) is 5.26 Å². The van der Waals surface area contributed by atoms with Gasteiger partial charge in [-0.1, -0.05) is 0 Å². The largest absolute Gasteiger partial charge is 0.335 e. The van der Waals surface area contributed by atoms with Crippen LogP contribution in [0.4, 0.5) is 5.69 Å². The van der Waals surface area contributed by atoms with Crippen LogP contribution in [-0.4, -0.2) is 15.5 Å². The first-order valence-corrected chi connectivity index (χ1v) is 7.55. The number of aryl methyl sites for hydroxylation is 1. The Balaban J connectivity index is 1.63. The number of carbonyl (C=O) groups is 1. The molecule has 6 heteroatoms. The molecule has 1 unspecified atom stereocenters. The van der Waals surface area contributed by atoms with Crippen LogP contribution in [0.15, 0.2) is 41.6 Å². The van der Waals surface area contributed by atoms with E-state index < -0.39 is 0 Å². The number of fused-ring (bicyclic) bond motifs is 1. The maximum absolute atomic E-state index is 12.3. The zero-order chi connectivity index (χ0) is 14.7. The molecule has 0 aliphatic carbocycles. The monoisotopic (exact) mass is 298 g/mol. The van der Waals surface area contributed by atoms with Gasteiger partial charge in [-0.05, 0) is 42.4 Å². The molecule has 1 amide bonds. The number of amides is 1. The number of carbonyl (C=O) groups excluding carboxylic acids is 1.